The lowest BCUT2D eigenvalue weighted by Gasteiger charge is -2.15. The molecule has 2 aromatic rings. The highest BCUT2D eigenvalue weighted by Gasteiger charge is 2.18. The summed E-state index contributed by atoms with van der Waals surface area (Å²) < 4.78 is 3.98. The Balaban J connectivity index is 2.32. The van der Waals surface area contributed by atoms with Crippen LogP contribution in [0.2, 0.25) is 5.02 Å². The Morgan fingerprint density at radius 2 is 2.10 bits per heavy atom. The van der Waals surface area contributed by atoms with E-state index in [1.807, 2.05) is 29.8 Å². The van der Waals surface area contributed by atoms with Crippen LogP contribution >= 0.6 is 43.5 Å². The van der Waals surface area contributed by atoms with Gasteiger partial charge in [-0.2, -0.15) is 5.10 Å². The molecular weight excluding hydrogens is 405 g/mol. The second-order valence-electron chi connectivity index (χ2n) is 4.64. The van der Waals surface area contributed by atoms with Gasteiger partial charge in [0.15, 0.2) is 0 Å². The lowest BCUT2D eigenvalue weighted by Crippen LogP contribution is -2.17. The van der Waals surface area contributed by atoms with Gasteiger partial charge >= 0.3 is 0 Å². The van der Waals surface area contributed by atoms with Crippen molar-refractivity contribution in [3.05, 3.63) is 49.1 Å². The van der Waals surface area contributed by atoms with Gasteiger partial charge in [-0.05, 0) is 53.5 Å². The Kier molecular flexibility index (Phi) is 5.29. The summed E-state index contributed by atoms with van der Waals surface area (Å²) in [4.78, 5) is 0. The van der Waals surface area contributed by atoms with Gasteiger partial charge in [-0.25, -0.2) is 0 Å². The molecule has 1 atom stereocenters. The Morgan fingerprint density at radius 1 is 1.40 bits per heavy atom. The van der Waals surface area contributed by atoms with E-state index in [1.165, 1.54) is 0 Å². The van der Waals surface area contributed by atoms with Crippen LogP contribution in [0.4, 0.5) is 0 Å². The van der Waals surface area contributed by atoms with Crippen molar-refractivity contribution in [2.75, 3.05) is 0 Å². The van der Waals surface area contributed by atoms with Crippen molar-refractivity contribution < 1.29 is 0 Å². The Bertz CT molecular complexity index is 625. The molecule has 3 nitrogen and oxygen atoms in total. The zero-order valence-electron chi connectivity index (χ0n) is 11.3. The summed E-state index contributed by atoms with van der Waals surface area (Å²) in [5, 5.41) is 5.18. The highest BCUT2D eigenvalue weighted by atomic mass is 79.9. The monoisotopic (exact) mass is 419 g/mol. The van der Waals surface area contributed by atoms with Gasteiger partial charge in [-0.1, -0.05) is 27.5 Å². The first kappa shape index (κ1) is 16.0. The SMILES string of the molecule is CCn1nc(C)c(Br)c1CC(N)c1cc(Br)ccc1Cl. The third-order valence-corrected chi connectivity index (χ3v) is 5.09. The minimum Gasteiger partial charge on any atom is -0.324 e. The van der Waals surface area contributed by atoms with Crippen LogP contribution in [-0.4, -0.2) is 9.78 Å². The smallest absolute Gasteiger partial charge is 0.0738 e. The lowest BCUT2D eigenvalue weighted by molar-refractivity contribution is 0.586. The first-order valence-electron chi connectivity index (χ1n) is 6.36. The Hall–Kier alpha value is -0.360. The minimum atomic E-state index is -0.169. The van der Waals surface area contributed by atoms with Crippen LogP contribution in [0.5, 0.6) is 0 Å². The number of aryl methyl sites for hydroxylation is 2. The first-order chi connectivity index (χ1) is 9.43. The van der Waals surface area contributed by atoms with Crippen molar-refractivity contribution in [2.45, 2.75) is 32.9 Å². The normalized spacial score (nSPS) is 12.7. The molecule has 0 amide bonds. The van der Waals surface area contributed by atoms with E-state index in [-0.39, 0.29) is 6.04 Å². The van der Waals surface area contributed by atoms with E-state index < -0.39 is 0 Å². The van der Waals surface area contributed by atoms with Gasteiger partial charge < -0.3 is 5.73 Å². The van der Waals surface area contributed by atoms with Gasteiger partial charge in [-0.3, -0.25) is 4.68 Å². The molecule has 20 heavy (non-hydrogen) atoms. The summed E-state index contributed by atoms with van der Waals surface area (Å²) in [5.41, 5.74) is 9.36. The predicted molar refractivity (Wildman–Crippen MR) is 90.1 cm³/mol. The highest BCUT2D eigenvalue weighted by molar-refractivity contribution is 9.10. The molecule has 0 aliphatic heterocycles. The second-order valence-corrected chi connectivity index (χ2v) is 6.75. The van der Waals surface area contributed by atoms with E-state index in [0.29, 0.717) is 11.4 Å². The molecule has 0 aliphatic rings. The molecule has 1 heterocycles. The van der Waals surface area contributed by atoms with E-state index in [9.17, 15) is 0 Å². The van der Waals surface area contributed by atoms with Gasteiger partial charge in [-0.15, -0.1) is 0 Å². The predicted octanol–water partition coefficient (Wildman–Crippen LogP) is 4.63. The number of hydrogen-bond acceptors (Lipinski definition) is 2. The van der Waals surface area contributed by atoms with E-state index in [2.05, 4.69) is 43.9 Å². The molecule has 0 saturated carbocycles. The van der Waals surface area contributed by atoms with Crippen molar-refractivity contribution in [1.82, 2.24) is 9.78 Å². The van der Waals surface area contributed by atoms with Crippen LogP contribution < -0.4 is 5.73 Å². The van der Waals surface area contributed by atoms with Crippen molar-refractivity contribution >= 4 is 43.5 Å². The Labute approximate surface area is 140 Å². The molecule has 0 spiro atoms. The molecule has 108 valence electrons. The quantitative estimate of drug-likeness (QED) is 0.782. The molecule has 0 bridgehead atoms. The fraction of sp³-hybridized carbons (Fsp3) is 0.357. The number of rotatable bonds is 4. The largest absolute Gasteiger partial charge is 0.324 e. The zero-order valence-corrected chi connectivity index (χ0v) is 15.3. The third kappa shape index (κ3) is 3.27. The first-order valence-corrected chi connectivity index (χ1v) is 8.32. The summed E-state index contributed by atoms with van der Waals surface area (Å²) in [6.45, 7) is 4.87. The van der Waals surface area contributed by atoms with E-state index in [0.717, 1.165) is 32.4 Å². The van der Waals surface area contributed by atoms with Crippen molar-refractivity contribution in [3.8, 4) is 0 Å². The summed E-state index contributed by atoms with van der Waals surface area (Å²) >= 11 is 13.3. The lowest BCUT2D eigenvalue weighted by atomic mass is 10.0. The van der Waals surface area contributed by atoms with Crippen LogP contribution in [0, 0.1) is 6.92 Å². The van der Waals surface area contributed by atoms with Gasteiger partial charge in [0, 0.05) is 28.5 Å². The standard InChI is InChI=1S/C14H16Br2ClN3/c1-3-20-13(14(16)8(2)19-20)7-12(18)10-6-9(15)4-5-11(10)17/h4-6,12H,3,7,18H2,1-2H3. The van der Waals surface area contributed by atoms with E-state index in [1.54, 1.807) is 0 Å². The number of benzene rings is 1. The van der Waals surface area contributed by atoms with Crippen LogP contribution in [0.15, 0.2) is 27.1 Å². The topological polar surface area (TPSA) is 43.8 Å². The molecule has 2 rings (SSSR count). The molecule has 0 radical (unpaired) electrons. The number of nitrogens with two attached hydrogens (primary N) is 1. The fourth-order valence-electron chi connectivity index (χ4n) is 2.18. The number of nitrogens with zero attached hydrogens (tertiary/aromatic N) is 2. The molecule has 0 fully saturated rings. The van der Waals surface area contributed by atoms with Crippen LogP contribution in [-0.2, 0) is 13.0 Å². The maximum Gasteiger partial charge on any atom is 0.0738 e. The number of halogens is 3. The molecular formula is C14H16Br2ClN3. The van der Waals surface area contributed by atoms with E-state index in [4.69, 9.17) is 17.3 Å². The molecule has 1 aromatic heterocycles. The van der Waals surface area contributed by atoms with E-state index >= 15 is 0 Å². The second kappa shape index (κ2) is 6.60. The third-order valence-electron chi connectivity index (χ3n) is 3.22. The van der Waals surface area contributed by atoms with Crippen molar-refractivity contribution in [3.63, 3.8) is 0 Å². The number of aromatic nitrogens is 2. The minimum absolute atomic E-state index is 0.169. The molecule has 0 aliphatic carbocycles. The molecule has 0 saturated heterocycles. The molecule has 2 N–H and O–H groups in total. The van der Waals surface area contributed by atoms with Crippen LogP contribution in [0.1, 0.15) is 29.9 Å². The highest BCUT2D eigenvalue weighted by Crippen LogP contribution is 2.30. The van der Waals surface area contributed by atoms with Gasteiger partial charge in [0.25, 0.3) is 0 Å². The van der Waals surface area contributed by atoms with Gasteiger partial charge in [0.2, 0.25) is 0 Å². The van der Waals surface area contributed by atoms with Crippen molar-refractivity contribution in [1.29, 1.82) is 0 Å². The van der Waals surface area contributed by atoms with Crippen LogP contribution in [0.3, 0.4) is 0 Å². The van der Waals surface area contributed by atoms with Crippen LogP contribution in [0.25, 0.3) is 0 Å². The maximum atomic E-state index is 6.33. The number of hydrogen-bond donors (Lipinski definition) is 1. The maximum absolute atomic E-state index is 6.33. The average Bonchev–Trinajstić information content (AvgIpc) is 2.69. The summed E-state index contributed by atoms with van der Waals surface area (Å²) in [5.74, 6) is 0. The zero-order chi connectivity index (χ0) is 14.9. The molecule has 1 aromatic carbocycles. The Morgan fingerprint density at radius 3 is 2.75 bits per heavy atom. The molecule has 1 unspecified atom stereocenters. The average molecular weight is 422 g/mol. The van der Waals surface area contributed by atoms with Gasteiger partial charge in [0.05, 0.1) is 15.9 Å². The molecule has 6 heteroatoms. The van der Waals surface area contributed by atoms with Gasteiger partial charge in [0.1, 0.15) is 0 Å². The summed E-state index contributed by atoms with van der Waals surface area (Å²) in [6, 6.07) is 5.57. The van der Waals surface area contributed by atoms with Crippen molar-refractivity contribution in [2.24, 2.45) is 5.73 Å². The fourth-order valence-corrected chi connectivity index (χ4v) is 3.26. The summed E-state index contributed by atoms with van der Waals surface area (Å²) in [6.07, 6.45) is 0.686. The summed E-state index contributed by atoms with van der Waals surface area (Å²) in [7, 11) is 0.